The normalized spacial score (nSPS) is 25.9. The van der Waals surface area contributed by atoms with Crippen molar-refractivity contribution in [1.82, 2.24) is 5.32 Å². The molecule has 0 aromatic rings. The average molecular weight is 1530 g/mol. The average Bonchev–Trinajstić information content (AvgIpc) is 0.779. The minimum Gasteiger partial charge on any atom is -0.394 e. The van der Waals surface area contributed by atoms with Crippen LogP contribution in [0.1, 0.15) is 328 Å². The number of unbranched alkanes of at least 4 members (excludes halogenated alkanes) is 37. The van der Waals surface area contributed by atoms with Crippen LogP contribution in [0, 0.1) is 0 Å². The highest BCUT2D eigenvalue weighted by atomic mass is 16.8. The molecule has 1 amide bonds. The Hall–Kier alpha value is -3.29. The first-order valence-electron chi connectivity index (χ1n) is 43.5. The third-order valence-electron chi connectivity index (χ3n) is 21.2. The van der Waals surface area contributed by atoms with Crippen molar-refractivity contribution in [2.24, 2.45) is 0 Å². The van der Waals surface area contributed by atoms with Gasteiger partial charge in [-0.1, -0.05) is 342 Å². The van der Waals surface area contributed by atoms with E-state index < -0.39 is 124 Å². The van der Waals surface area contributed by atoms with Crippen LogP contribution in [0.15, 0.2) is 97.2 Å². The zero-order valence-electron chi connectivity index (χ0n) is 67.3. The molecule has 17 unspecified atom stereocenters. The maximum atomic E-state index is 13.5. The van der Waals surface area contributed by atoms with Crippen molar-refractivity contribution in [2.75, 3.05) is 26.4 Å². The molecule has 0 aromatic heterocycles. The second kappa shape index (κ2) is 68.1. The zero-order valence-corrected chi connectivity index (χ0v) is 67.3. The summed E-state index contributed by atoms with van der Waals surface area (Å²) in [5, 5.41) is 121. The molecule has 3 aliphatic rings. The highest BCUT2D eigenvalue weighted by molar-refractivity contribution is 5.76. The number of allylic oxidation sites excluding steroid dienone is 16. The number of hydrogen-bond acceptors (Lipinski definition) is 18. The van der Waals surface area contributed by atoms with E-state index in [2.05, 4.69) is 116 Å². The van der Waals surface area contributed by atoms with Crippen LogP contribution in [-0.2, 0) is 33.2 Å². The summed E-state index contributed by atoms with van der Waals surface area (Å²) >= 11 is 0. The summed E-state index contributed by atoms with van der Waals surface area (Å²) in [7, 11) is 0. The Balaban J connectivity index is 1.35. The first-order chi connectivity index (χ1) is 52.8. The van der Waals surface area contributed by atoms with E-state index in [0.29, 0.717) is 12.8 Å². The van der Waals surface area contributed by atoms with Crippen molar-refractivity contribution in [2.45, 2.75) is 433 Å². The van der Waals surface area contributed by atoms with Crippen molar-refractivity contribution in [3.63, 3.8) is 0 Å². The van der Waals surface area contributed by atoms with Gasteiger partial charge in [-0.2, -0.15) is 0 Å². The number of aliphatic hydroxyl groups excluding tert-OH is 11. The SMILES string of the molecule is CC/C=C\C/C=C\C/C=C\C/C=C\C/C=C\C/C=C\C/C=C\C/C=C\CCCCCCCCC(=O)NC(COC1OC(CO)C(OC2OC(CO)C(OC3OC(CO)C(O)C(O)C3O)C(O)C2O)C(O)C1O)C(O)CCCCCCCCCCCCCCCCCCCCCCCCCCCCCCCCCC. The first kappa shape index (κ1) is 98.9. The molecule has 0 aliphatic carbocycles. The summed E-state index contributed by atoms with van der Waals surface area (Å²) in [6.07, 6.45) is 66.4. The van der Waals surface area contributed by atoms with Crippen LogP contribution in [-0.4, -0.2) is 193 Å². The van der Waals surface area contributed by atoms with Gasteiger partial charge in [0.1, 0.15) is 73.2 Å². The number of nitrogens with one attached hydrogen (secondary N) is 1. The second-order valence-electron chi connectivity index (χ2n) is 30.6. The largest absolute Gasteiger partial charge is 0.394 e. The smallest absolute Gasteiger partial charge is 0.220 e. The minimum atomic E-state index is -1.98. The Morgan fingerprint density at radius 3 is 1.00 bits per heavy atom. The van der Waals surface area contributed by atoms with Crippen LogP contribution in [0.5, 0.6) is 0 Å². The lowest BCUT2D eigenvalue weighted by atomic mass is 9.96. The molecule has 3 rings (SSSR count). The lowest BCUT2D eigenvalue weighted by molar-refractivity contribution is -0.379. The molecule has 3 saturated heterocycles. The van der Waals surface area contributed by atoms with E-state index in [0.717, 1.165) is 116 Å². The van der Waals surface area contributed by atoms with Gasteiger partial charge in [-0.3, -0.25) is 4.79 Å². The van der Waals surface area contributed by atoms with E-state index in [1.807, 2.05) is 0 Å². The van der Waals surface area contributed by atoms with Gasteiger partial charge < -0.3 is 89.9 Å². The molecule has 17 atom stereocenters. The number of rotatable bonds is 69. The maximum absolute atomic E-state index is 13.5. The molecule has 12 N–H and O–H groups in total. The number of amides is 1. The molecule has 0 saturated carbocycles. The summed E-state index contributed by atoms with van der Waals surface area (Å²) in [5.74, 6) is -0.257. The Morgan fingerprint density at radius 1 is 0.343 bits per heavy atom. The van der Waals surface area contributed by atoms with Crippen LogP contribution in [0.25, 0.3) is 0 Å². The van der Waals surface area contributed by atoms with E-state index in [9.17, 15) is 61.0 Å². The molecule has 19 nitrogen and oxygen atoms in total. The molecule has 0 bridgehead atoms. The third-order valence-corrected chi connectivity index (χ3v) is 21.2. The predicted molar refractivity (Wildman–Crippen MR) is 434 cm³/mol. The van der Waals surface area contributed by atoms with E-state index in [1.54, 1.807) is 0 Å². The fraction of sp³-hybridized carbons (Fsp3) is 0.809. The molecule has 3 fully saturated rings. The molecule has 3 heterocycles. The monoisotopic (exact) mass is 1530 g/mol. The van der Waals surface area contributed by atoms with Gasteiger partial charge >= 0.3 is 0 Å². The summed E-state index contributed by atoms with van der Waals surface area (Å²) < 4.78 is 34.6. The second-order valence-corrected chi connectivity index (χ2v) is 30.6. The van der Waals surface area contributed by atoms with Crippen LogP contribution in [0.2, 0.25) is 0 Å². The standard InChI is InChI=1S/C89H157NO18/c1-3-5-7-9-11-13-15-17-19-21-23-25-27-29-31-33-35-37-38-40-42-44-46-48-50-52-54-56-58-60-62-64-66-73(94)72(90-77(95)67-65-63-61-59-57-55-53-51-49-47-45-43-41-39-36-34-32-30-28-26-24-22-20-18-16-14-12-10-8-6-4-2)71-103-87-83(101)80(98)85(75(69-92)105-87)108-89-84(102)81(99)86(76(70-93)106-89)107-88-82(100)79(97)78(96)74(68-91)104-88/h6,8,12,14,18,20,24,26,30,32,36,39,43,45,49,51,72-76,78-89,91-94,96-102H,3-5,7,9-11,13,15-17,19,21-23,25,27-29,31,33-35,37-38,40-42,44,46-48,50,52-71H2,1-2H3,(H,90,95)/b8-6-,14-12-,20-18-,26-24-,32-30-,39-36-,45-43-,51-49-. The van der Waals surface area contributed by atoms with Gasteiger partial charge in [-0.25, -0.2) is 0 Å². The Morgan fingerprint density at radius 2 is 0.639 bits per heavy atom. The van der Waals surface area contributed by atoms with Gasteiger partial charge in [0.25, 0.3) is 0 Å². The van der Waals surface area contributed by atoms with Gasteiger partial charge in [0.05, 0.1) is 38.6 Å². The fourth-order valence-electron chi connectivity index (χ4n) is 14.3. The lowest BCUT2D eigenvalue weighted by Crippen LogP contribution is -2.66. The first-order valence-corrected chi connectivity index (χ1v) is 43.5. The van der Waals surface area contributed by atoms with Gasteiger partial charge in [-0.15, -0.1) is 0 Å². The molecule has 19 heteroatoms. The van der Waals surface area contributed by atoms with Gasteiger partial charge in [-0.05, 0) is 77.0 Å². The topological polar surface area (TPSA) is 307 Å². The van der Waals surface area contributed by atoms with Crippen LogP contribution in [0.3, 0.4) is 0 Å². The zero-order chi connectivity index (χ0) is 78.1. The quantitative estimate of drug-likeness (QED) is 0.0199. The Bertz CT molecular complexity index is 2330. The minimum absolute atomic E-state index is 0.244. The Kier molecular flexibility index (Phi) is 62.4. The fourth-order valence-corrected chi connectivity index (χ4v) is 14.3. The van der Waals surface area contributed by atoms with Gasteiger partial charge in [0.15, 0.2) is 18.9 Å². The van der Waals surface area contributed by atoms with Crippen molar-refractivity contribution >= 4 is 5.91 Å². The van der Waals surface area contributed by atoms with Crippen molar-refractivity contribution in [3.8, 4) is 0 Å². The maximum Gasteiger partial charge on any atom is 0.220 e. The van der Waals surface area contributed by atoms with Crippen molar-refractivity contribution in [1.29, 1.82) is 0 Å². The van der Waals surface area contributed by atoms with Crippen molar-refractivity contribution < 1.29 is 89.4 Å². The van der Waals surface area contributed by atoms with Crippen molar-refractivity contribution in [3.05, 3.63) is 97.2 Å². The molecule has 0 spiro atoms. The van der Waals surface area contributed by atoms with Gasteiger partial charge in [0, 0.05) is 6.42 Å². The number of carbonyl (C=O) groups is 1. The summed E-state index contributed by atoms with van der Waals surface area (Å²) in [6, 6.07) is -0.905. The number of ether oxygens (including phenoxy) is 6. The summed E-state index contributed by atoms with van der Waals surface area (Å²) in [4.78, 5) is 13.5. The molecular formula is C89H157NO18. The Labute approximate surface area is 653 Å². The van der Waals surface area contributed by atoms with Crippen LogP contribution in [0.4, 0.5) is 0 Å². The predicted octanol–water partition coefficient (Wildman–Crippen LogP) is 15.9. The highest BCUT2D eigenvalue weighted by Crippen LogP contribution is 2.33. The summed E-state index contributed by atoms with van der Waals surface area (Å²) in [5.41, 5.74) is 0. The molecule has 108 heavy (non-hydrogen) atoms. The van der Waals surface area contributed by atoms with Gasteiger partial charge in [0.2, 0.25) is 5.91 Å². The number of carbonyl (C=O) groups excluding carboxylic acids is 1. The van der Waals surface area contributed by atoms with E-state index in [1.165, 1.54) is 180 Å². The number of aliphatic hydroxyl groups is 11. The molecule has 3 aliphatic heterocycles. The lowest BCUT2D eigenvalue weighted by Gasteiger charge is -2.48. The van der Waals surface area contributed by atoms with E-state index in [4.69, 9.17) is 28.4 Å². The number of hydrogen-bond donors (Lipinski definition) is 12. The van der Waals surface area contributed by atoms with E-state index >= 15 is 0 Å². The summed E-state index contributed by atoms with van der Waals surface area (Å²) in [6.45, 7) is 1.71. The van der Waals surface area contributed by atoms with Crippen LogP contribution >= 0.6 is 0 Å². The highest BCUT2D eigenvalue weighted by Gasteiger charge is 2.54. The third kappa shape index (κ3) is 46.8. The molecule has 0 radical (unpaired) electrons. The molecule has 0 aromatic carbocycles. The van der Waals surface area contributed by atoms with Crippen LogP contribution < -0.4 is 5.32 Å². The molecular weight excluding hydrogens is 1370 g/mol. The van der Waals surface area contributed by atoms with E-state index in [-0.39, 0.29) is 18.9 Å². The molecule has 626 valence electrons.